The van der Waals surface area contributed by atoms with E-state index < -0.39 is 20.9 Å². The quantitative estimate of drug-likeness (QED) is 0.160. The maximum absolute atomic E-state index is 6.81. The molecule has 13 rings (SSSR count). The Morgan fingerprint density at radius 3 is 0.897 bits per heavy atom. The highest BCUT2D eigenvalue weighted by Crippen LogP contribution is 2.50. The number of rotatable bonds is 8. The van der Waals surface area contributed by atoms with E-state index >= 15 is 0 Å². The van der Waals surface area contributed by atoms with E-state index in [-0.39, 0.29) is 22.9 Å². The van der Waals surface area contributed by atoms with E-state index in [1.807, 2.05) is 77.6 Å². The number of aromatic nitrogens is 4. The van der Waals surface area contributed by atoms with Crippen LogP contribution in [-0.4, -0.2) is 112 Å². The van der Waals surface area contributed by atoms with Gasteiger partial charge in [-0.15, -0.1) is 22.9 Å². The Morgan fingerprint density at radius 1 is 0.353 bits per heavy atom. The first-order valence-corrected chi connectivity index (χ1v) is 23.0. The Labute approximate surface area is 410 Å². The minimum Gasteiger partial charge on any atom is -0.354 e. The fourth-order valence-electron chi connectivity index (χ4n) is 10.3. The highest BCUT2D eigenvalue weighted by Gasteiger charge is 2.49. The molecule has 0 spiro atoms. The van der Waals surface area contributed by atoms with E-state index in [1.165, 1.54) is 0 Å². The molecule has 4 nitrogen and oxygen atoms in total. The van der Waals surface area contributed by atoms with Crippen LogP contribution in [0, 0.1) is 0 Å². The molecule has 294 valence electrons. The lowest BCUT2D eigenvalue weighted by Gasteiger charge is -2.15. The molecule has 4 saturated heterocycles. The van der Waals surface area contributed by atoms with Gasteiger partial charge in [-0.1, -0.05) is 140 Å². The second kappa shape index (κ2) is 14.9. The number of hydrogen-bond acceptors (Lipinski definition) is 2. The van der Waals surface area contributed by atoms with Crippen molar-refractivity contribution in [3.8, 4) is 44.5 Å². The summed E-state index contributed by atoms with van der Waals surface area (Å²) in [5.74, 6) is 0. The predicted octanol–water partition coefficient (Wildman–Crippen LogP) is 7.14. The molecular formula is C52H30B12N4. The minimum atomic E-state index is -0.728. The molecule has 3 aromatic heterocycles. The summed E-state index contributed by atoms with van der Waals surface area (Å²) in [7, 11) is 60.6. The molecule has 0 saturated carbocycles. The Bertz CT molecular complexity index is 3400. The van der Waals surface area contributed by atoms with Crippen molar-refractivity contribution < 1.29 is 0 Å². The Balaban J connectivity index is 1.14. The van der Waals surface area contributed by atoms with Crippen LogP contribution in [0.25, 0.3) is 90.9 Å². The Kier molecular flexibility index (Phi) is 9.27. The van der Waals surface area contributed by atoms with Gasteiger partial charge in [0.05, 0.1) is 85.5 Å². The molecule has 9 heterocycles. The molecule has 6 aliphatic rings. The fourth-order valence-corrected chi connectivity index (χ4v) is 10.3. The first kappa shape index (κ1) is 42.4. The van der Waals surface area contributed by atoms with Gasteiger partial charge in [-0.3, -0.25) is 0 Å². The summed E-state index contributed by atoms with van der Waals surface area (Å²) in [5.41, 5.74) is 16.4. The van der Waals surface area contributed by atoms with Crippen LogP contribution in [0.4, 0.5) is 0 Å². The van der Waals surface area contributed by atoms with Gasteiger partial charge < -0.3 is 9.97 Å². The van der Waals surface area contributed by atoms with Crippen LogP contribution >= 0.6 is 0 Å². The molecule has 7 aromatic rings. The number of nitrogens with zero attached hydrogens (tertiary/aromatic N) is 2. The summed E-state index contributed by atoms with van der Waals surface area (Å²) >= 11 is 0. The van der Waals surface area contributed by atoms with E-state index in [4.69, 9.17) is 72.7 Å². The van der Waals surface area contributed by atoms with Gasteiger partial charge in [-0.2, -0.15) is 0 Å². The average Bonchev–Trinajstić information content (AvgIpc) is 4.09. The summed E-state index contributed by atoms with van der Waals surface area (Å²) in [5, 5.41) is -2.89. The zero-order valence-electron chi connectivity index (χ0n) is 37.0. The predicted molar refractivity (Wildman–Crippen MR) is 291 cm³/mol. The van der Waals surface area contributed by atoms with Crippen molar-refractivity contribution in [2.75, 3.05) is 0 Å². The molecule has 0 amide bonds. The van der Waals surface area contributed by atoms with Crippen LogP contribution < -0.4 is 0 Å². The highest BCUT2D eigenvalue weighted by molar-refractivity contribution is 6.79. The van der Waals surface area contributed by atoms with E-state index in [0.29, 0.717) is 0 Å². The summed E-state index contributed by atoms with van der Waals surface area (Å²) in [4.78, 5) is 18.7. The summed E-state index contributed by atoms with van der Waals surface area (Å²) in [6.45, 7) is 0. The van der Waals surface area contributed by atoms with Crippen LogP contribution in [0.1, 0.15) is 45.0 Å². The van der Waals surface area contributed by atoms with Crippen molar-refractivity contribution >= 4 is 138 Å². The zero-order valence-corrected chi connectivity index (χ0v) is 37.0. The molecule has 4 fully saturated rings. The minimum absolute atomic E-state index is 0.237. The van der Waals surface area contributed by atoms with Crippen molar-refractivity contribution in [1.82, 2.24) is 19.9 Å². The Hall–Kier alpha value is -5.74. The molecule has 0 aliphatic carbocycles. The smallest absolute Gasteiger partial charge is 0.104 e. The molecule has 68 heavy (non-hydrogen) atoms. The number of hydrogen-bond donors (Lipinski definition) is 2. The van der Waals surface area contributed by atoms with Crippen LogP contribution in [0.15, 0.2) is 121 Å². The standard InChI is InChI=1S/C52H30B12N4/c53-45-49(57,61-45)29-9-1-5-25(21-29)41-33-13-15-35(65-33)42(26-6-2-10-30(22-26)50(58)46(54)62-50)37-17-19-39(67-37)44(28-8-4-12-32(24-28)52(60)48(56)64-52)40-20-18-38(68-40)43(36-16-14-34(41)66-36)27-7-3-11-31(23-27)51(59)47(55)63-51/h1-24,45-48,65-66H. The summed E-state index contributed by atoms with van der Waals surface area (Å²) < 4.78 is 0. The molecule has 8 bridgehead atoms. The topological polar surface area (TPSA) is 57.4 Å². The van der Waals surface area contributed by atoms with Gasteiger partial charge in [0.1, 0.15) is 29.1 Å². The summed E-state index contributed by atoms with van der Waals surface area (Å²) in [6, 6.07) is 41.5. The third-order valence-electron chi connectivity index (χ3n) is 15.0. The first-order valence-electron chi connectivity index (χ1n) is 23.0. The van der Waals surface area contributed by atoms with E-state index in [2.05, 4.69) is 107 Å². The van der Waals surface area contributed by atoms with Gasteiger partial charge in [0.2, 0.25) is 0 Å². The average molecular weight is 841 g/mol. The van der Waals surface area contributed by atoms with Crippen LogP contribution in [0.3, 0.4) is 0 Å². The largest absolute Gasteiger partial charge is 0.354 e. The lowest BCUT2D eigenvalue weighted by molar-refractivity contribution is 1.06. The SMILES string of the molecule is [B]C1[B]C1([B])c1cccc(-c2c3nc(c(-c4cccc(C5([B])[B]C5[B])c4)c4ccc([nH]4)c(-c4cccc(C5([B])[B]C5[B])c4)c4ccc([nH]4)c(-c4cccc(C5([B])[B]C5[B])c4)c4nc2C=C4)C=C3)c1. The first-order chi connectivity index (χ1) is 32.7. The normalized spacial score (nSPS) is 27.9. The second-order valence-electron chi connectivity index (χ2n) is 19.3. The van der Waals surface area contributed by atoms with Crippen molar-refractivity contribution in [3.63, 3.8) is 0 Å². The lowest BCUT2D eigenvalue weighted by Crippen LogP contribution is -2.10. The van der Waals surface area contributed by atoms with Crippen LogP contribution in [0.5, 0.6) is 0 Å². The van der Waals surface area contributed by atoms with E-state index in [1.54, 1.807) is 0 Å². The maximum Gasteiger partial charge on any atom is 0.104 e. The van der Waals surface area contributed by atoms with Gasteiger partial charge in [0.15, 0.2) is 0 Å². The van der Waals surface area contributed by atoms with Crippen molar-refractivity contribution in [2.24, 2.45) is 0 Å². The van der Waals surface area contributed by atoms with Crippen LogP contribution in [-0.2, 0) is 20.9 Å². The molecule has 2 N–H and O–H groups in total. The number of H-pyrrole nitrogens is 2. The fraction of sp³-hybridized carbons (Fsp3) is 0.154. The monoisotopic (exact) mass is 842 g/mol. The molecule has 8 atom stereocenters. The van der Waals surface area contributed by atoms with Gasteiger partial charge in [-0.25, -0.2) is 9.97 Å². The van der Waals surface area contributed by atoms with Gasteiger partial charge in [-0.05, 0) is 70.8 Å². The lowest BCUT2D eigenvalue weighted by atomic mass is 9.65. The molecular weight excluding hydrogens is 810 g/mol. The van der Waals surface area contributed by atoms with Crippen molar-refractivity contribution in [1.29, 1.82) is 0 Å². The van der Waals surface area contributed by atoms with Gasteiger partial charge >= 0.3 is 0 Å². The third-order valence-corrected chi connectivity index (χ3v) is 15.0. The number of benzene rings is 4. The number of nitrogens with one attached hydrogen (secondary N) is 2. The number of fused-ring (bicyclic) bond motifs is 8. The van der Waals surface area contributed by atoms with Crippen molar-refractivity contribution in [2.45, 2.75) is 43.7 Å². The Morgan fingerprint density at radius 2 is 0.603 bits per heavy atom. The van der Waals surface area contributed by atoms with Crippen molar-refractivity contribution in [3.05, 3.63) is 166 Å². The molecule has 6 aliphatic heterocycles. The third kappa shape index (κ3) is 6.66. The summed E-state index contributed by atoms with van der Waals surface area (Å²) in [6.07, 6.45) is 8.26. The molecule has 8 unspecified atom stereocenters. The second-order valence-corrected chi connectivity index (χ2v) is 19.3. The molecule has 4 aromatic carbocycles. The highest BCUT2D eigenvalue weighted by atomic mass is 14.8. The van der Waals surface area contributed by atoms with Gasteiger partial charge in [0, 0.05) is 44.3 Å². The molecule has 20 radical (unpaired) electrons. The maximum atomic E-state index is 6.81. The van der Waals surface area contributed by atoms with E-state index in [9.17, 15) is 0 Å². The van der Waals surface area contributed by atoms with E-state index in [0.717, 1.165) is 112 Å². The molecule has 16 heteroatoms. The van der Waals surface area contributed by atoms with Crippen LogP contribution in [0.2, 0.25) is 22.9 Å². The van der Waals surface area contributed by atoms with Gasteiger partial charge in [0.25, 0.3) is 0 Å². The number of aromatic amines is 2. The zero-order chi connectivity index (χ0) is 46.5.